The third-order valence-electron chi connectivity index (χ3n) is 3.33. The molecule has 0 aliphatic heterocycles. The zero-order chi connectivity index (χ0) is 15.1. The van der Waals surface area contributed by atoms with Gasteiger partial charge in [0, 0.05) is 23.6 Å². The van der Waals surface area contributed by atoms with Crippen LogP contribution in [0.25, 0.3) is 0 Å². The van der Waals surface area contributed by atoms with Crippen LogP contribution >= 0.6 is 11.8 Å². The molecular formula is C18H21NOS. The summed E-state index contributed by atoms with van der Waals surface area (Å²) in [6, 6.07) is 16.4. The van der Waals surface area contributed by atoms with E-state index in [1.165, 1.54) is 5.56 Å². The number of para-hydroxylation sites is 1. The lowest BCUT2D eigenvalue weighted by molar-refractivity contribution is -0.115. The fourth-order valence-electron chi connectivity index (χ4n) is 2.14. The van der Waals surface area contributed by atoms with E-state index in [4.69, 9.17) is 0 Å². The van der Waals surface area contributed by atoms with Gasteiger partial charge in [-0.1, -0.05) is 48.5 Å². The van der Waals surface area contributed by atoms with Crippen LogP contribution < -0.4 is 5.32 Å². The predicted octanol–water partition coefficient (Wildman–Crippen LogP) is 4.57. The number of aryl methyl sites for hydroxylation is 2. The summed E-state index contributed by atoms with van der Waals surface area (Å²) < 4.78 is 0. The Morgan fingerprint density at radius 2 is 1.67 bits per heavy atom. The number of amides is 1. The Labute approximate surface area is 131 Å². The van der Waals surface area contributed by atoms with Gasteiger partial charge in [0.05, 0.1) is 0 Å². The molecule has 0 aliphatic rings. The molecule has 0 bridgehead atoms. The summed E-state index contributed by atoms with van der Waals surface area (Å²) in [7, 11) is 0. The molecule has 0 atom stereocenters. The lowest BCUT2D eigenvalue weighted by Crippen LogP contribution is -2.14. The molecule has 2 aromatic carbocycles. The second-order valence-corrected chi connectivity index (χ2v) is 6.21. The highest BCUT2D eigenvalue weighted by atomic mass is 32.2. The summed E-state index contributed by atoms with van der Waals surface area (Å²) in [6.07, 6.45) is 0.547. The monoisotopic (exact) mass is 299 g/mol. The van der Waals surface area contributed by atoms with E-state index < -0.39 is 0 Å². The third kappa shape index (κ3) is 4.94. The number of thioether (sulfide) groups is 1. The van der Waals surface area contributed by atoms with Crippen molar-refractivity contribution in [3.05, 3.63) is 65.2 Å². The number of carbonyl (C=O) groups excluding carboxylic acids is 1. The normalized spacial score (nSPS) is 10.4. The van der Waals surface area contributed by atoms with Gasteiger partial charge in [0.2, 0.25) is 5.91 Å². The van der Waals surface area contributed by atoms with Crippen molar-refractivity contribution in [2.75, 3.05) is 11.1 Å². The number of nitrogens with one attached hydrogen (secondary N) is 1. The molecule has 21 heavy (non-hydrogen) atoms. The average Bonchev–Trinajstić information content (AvgIpc) is 2.49. The molecule has 1 amide bonds. The Kier molecular flexibility index (Phi) is 5.88. The minimum atomic E-state index is 0.0907. The summed E-state index contributed by atoms with van der Waals surface area (Å²) in [5, 5.41) is 3.02. The first-order chi connectivity index (χ1) is 10.2. The highest BCUT2D eigenvalue weighted by Gasteiger charge is 2.07. The first kappa shape index (κ1) is 15.6. The van der Waals surface area contributed by atoms with Crippen molar-refractivity contribution in [1.29, 1.82) is 0 Å². The van der Waals surface area contributed by atoms with Crippen molar-refractivity contribution in [3.8, 4) is 0 Å². The summed E-state index contributed by atoms with van der Waals surface area (Å²) in [5.41, 5.74) is 4.48. The Bertz CT molecular complexity index is 575. The maximum atomic E-state index is 12.0. The number of hydrogen-bond donors (Lipinski definition) is 1. The van der Waals surface area contributed by atoms with Gasteiger partial charge in [-0.25, -0.2) is 0 Å². The van der Waals surface area contributed by atoms with Gasteiger partial charge in [-0.2, -0.15) is 11.8 Å². The molecule has 2 nitrogen and oxygen atoms in total. The number of benzene rings is 2. The lowest BCUT2D eigenvalue weighted by atomic mass is 10.1. The van der Waals surface area contributed by atoms with Crippen molar-refractivity contribution >= 4 is 23.4 Å². The first-order valence-electron chi connectivity index (χ1n) is 7.14. The molecule has 0 unspecified atom stereocenters. The van der Waals surface area contributed by atoms with Crippen LogP contribution in [0, 0.1) is 13.8 Å². The van der Waals surface area contributed by atoms with Crippen molar-refractivity contribution in [1.82, 2.24) is 0 Å². The molecule has 3 heteroatoms. The smallest absolute Gasteiger partial charge is 0.225 e. The number of anilines is 1. The first-order valence-corrected chi connectivity index (χ1v) is 8.30. The van der Waals surface area contributed by atoms with E-state index in [2.05, 4.69) is 17.4 Å². The molecule has 2 aromatic rings. The molecule has 0 saturated heterocycles. The molecule has 0 heterocycles. The number of carbonyl (C=O) groups is 1. The molecule has 0 spiro atoms. The van der Waals surface area contributed by atoms with Gasteiger partial charge in [0.1, 0.15) is 0 Å². The van der Waals surface area contributed by atoms with Gasteiger partial charge in [0.25, 0.3) is 0 Å². The van der Waals surface area contributed by atoms with Gasteiger partial charge < -0.3 is 5.32 Å². The van der Waals surface area contributed by atoms with E-state index in [0.29, 0.717) is 6.42 Å². The summed E-state index contributed by atoms with van der Waals surface area (Å²) in [4.78, 5) is 12.0. The molecular weight excluding hydrogens is 278 g/mol. The van der Waals surface area contributed by atoms with Crippen molar-refractivity contribution in [3.63, 3.8) is 0 Å². The lowest BCUT2D eigenvalue weighted by Gasteiger charge is -2.11. The molecule has 110 valence electrons. The van der Waals surface area contributed by atoms with Gasteiger partial charge >= 0.3 is 0 Å². The minimum absolute atomic E-state index is 0.0907. The summed E-state index contributed by atoms with van der Waals surface area (Å²) in [5.74, 6) is 1.89. The molecule has 2 rings (SSSR count). The Morgan fingerprint density at radius 1 is 1.00 bits per heavy atom. The Hall–Kier alpha value is -1.74. The zero-order valence-corrected chi connectivity index (χ0v) is 13.4. The van der Waals surface area contributed by atoms with Gasteiger partial charge in [-0.05, 0) is 30.5 Å². The van der Waals surface area contributed by atoms with Gasteiger partial charge in [0.15, 0.2) is 0 Å². The van der Waals surface area contributed by atoms with E-state index in [1.807, 2.05) is 50.2 Å². The third-order valence-corrected chi connectivity index (χ3v) is 4.36. The van der Waals surface area contributed by atoms with Crippen LogP contribution in [0.2, 0.25) is 0 Å². The molecule has 1 N–H and O–H groups in total. The van der Waals surface area contributed by atoms with Crippen molar-refractivity contribution < 1.29 is 4.79 Å². The van der Waals surface area contributed by atoms with E-state index >= 15 is 0 Å². The highest BCUT2D eigenvalue weighted by Crippen LogP contribution is 2.20. The zero-order valence-electron chi connectivity index (χ0n) is 12.6. The molecule has 0 fully saturated rings. The SMILES string of the molecule is Cc1cccc(C)c1NC(=O)CCSCc1ccccc1. The fraction of sp³-hybridized carbons (Fsp3) is 0.278. The fourth-order valence-corrected chi connectivity index (χ4v) is 3.04. The van der Waals surface area contributed by atoms with Crippen LogP contribution in [-0.2, 0) is 10.5 Å². The second-order valence-electron chi connectivity index (χ2n) is 5.10. The molecule has 0 aliphatic carbocycles. The predicted molar refractivity (Wildman–Crippen MR) is 91.8 cm³/mol. The minimum Gasteiger partial charge on any atom is -0.326 e. The topological polar surface area (TPSA) is 29.1 Å². The Balaban J connectivity index is 1.75. The van der Waals surface area contributed by atoms with Crippen LogP contribution in [0.3, 0.4) is 0 Å². The van der Waals surface area contributed by atoms with Crippen LogP contribution in [0.15, 0.2) is 48.5 Å². The quantitative estimate of drug-likeness (QED) is 0.792. The highest BCUT2D eigenvalue weighted by molar-refractivity contribution is 7.98. The second kappa shape index (κ2) is 7.89. The van der Waals surface area contributed by atoms with Crippen LogP contribution in [-0.4, -0.2) is 11.7 Å². The molecule has 0 aromatic heterocycles. The maximum Gasteiger partial charge on any atom is 0.225 e. The van der Waals surface area contributed by atoms with Crippen LogP contribution in [0.4, 0.5) is 5.69 Å². The largest absolute Gasteiger partial charge is 0.326 e. The molecule has 0 radical (unpaired) electrons. The van der Waals surface area contributed by atoms with Crippen molar-refractivity contribution in [2.45, 2.75) is 26.0 Å². The van der Waals surface area contributed by atoms with Crippen molar-refractivity contribution in [2.24, 2.45) is 0 Å². The molecule has 0 saturated carbocycles. The average molecular weight is 299 g/mol. The Morgan fingerprint density at radius 3 is 2.33 bits per heavy atom. The summed E-state index contributed by atoms with van der Waals surface area (Å²) >= 11 is 1.79. The van der Waals surface area contributed by atoms with E-state index in [-0.39, 0.29) is 5.91 Å². The van der Waals surface area contributed by atoms with Crippen LogP contribution in [0.5, 0.6) is 0 Å². The maximum absolute atomic E-state index is 12.0. The summed E-state index contributed by atoms with van der Waals surface area (Å²) in [6.45, 7) is 4.04. The van der Waals surface area contributed by atoms with Gasteiger partial charge in [-0.3, -0.25) is 4.79 Å². The van der Waals surface area contributed by atoms with E-state index in [1.54, 1.807) is 11.8 Å². The van der Waals surface area contributed by atoms with Gasteiger partial charge in [-0.15, -0.1) is 0 Å². The van der Waals surface area contributed by atoms with E-state index in [0.717, 1.165) is 28.3 Å². The standard InChI is InChI=1S/C18H21NOS/c1-14-7-6-8-15(2)18(14)19-17(20)11-12-21-13-16-9-4-3-5-10-16/h3-10H,11-13H2,1-2H3,(H,19,20). The van der Waals surface area contributed by atoms with Crippen LogP contribution in [0.1, 0.15) is 23.1 Å². The number of rotatable bonds is 6. The van der Waals surface area contributed by atoms with E-state index in [9.17, 15) is 4.79 Å². The number of hydrogen-bond acceptors (Lipinski definition) is 2.